The summed E-state index contributed by atoms with van der Waals surface area (Å²) in [6.45, 7) is 1.43. The van der Waals surface area contributed by atoms with Crippen molar-refractivity contribution in [3.8, 4) is 0 Å². The van der Waals surface area contributed by atoms with Crippen LogP contribution in [-0.2, 0) is 16.4 Å². The minimum Gasteiger partial charge on any atom is -0.339 e. The lowest BCUT2D eigenvalue weighted by atomic mass is 10.1. The van der Waals surface area contributed by atoms with Crippen LogP contribution in [0.5, 0.6) is 0 Å². The zero-order chi connectivity index (χ0) is 21.1. The number of carbonyl (C=O) groups excluding carboxylic acids is 1. The van der Waals surface area contributed by atoms with Crippen molar-refractivity contribution in [1.29, 1.82) is 0 Å². The zero-order valence-electron chi connectivity index (χ0n) is 16.3. The third-order valence-electron chi connectivity index (χ3n) is 5.44. The molecule has 0 unspecified atom stereocenters. The van der Waals surface area contributed by atoms with Gasteiger partial charge in [-0.15, -0.1) is 0 Å². The van der Waals surface area contributed by atoms with Crippen LogP contribution < -0.4 is 0 Å². The Labute approximate surface area is 174 Å². The molecule has 0 aliphatic carbocycles. The van der Waals surface area contributed by atoms with E-state index in [-0.39, 0.29) is 10.8 Å². The predicted molar refractivity (Wildman–Crippen MR) is 110 cm³/mol. The van der Waals surface area contributed by atoms with E-state index in [1.807, 2.05) is 22.9 Å². The van der Waals surface area contributed by atoms with Gasteiger partial charge in [0.1, 0.15) is 5.82 Å². The third-order valence-corrected chi connectivity index (χ3v) is 7.71. The van der Waals surface area contributed by atoms with Gasteiger partial charge in [0.15, 0.2) is 9.84 Å². The van der Waals surface area contributed by atoms with E-state index >= 15 is 0 Å². The number of sulfone groups is 1. The Hall–Kier alpha value is -3.00. The van der Waals surface area contributed by atoms with E-state index in [1.54, 1.807) is 29.6 Å². The summed E-state index contributed by atoms with van der Waals surface area (Å²) in [6.07, 6.45) is 6.07. The number of benzene rings is 2. The van der Waals surface area contributed by atoms with Gasteiger partial charge in [-0.1, -0.05) is 12.1 Å². The zero-order valence-corrected chi connectivity index (χ0v) is 17.1. The standard InChI is InChI=1S/C22H22FN3O3S/c23-19-5-7-20(8-6-19)30(28,29)21-9-12-26(13-10-21)22(27)18-3-1-17(2-4-18)15-25-14-11-24-16-25/h1-8,11,14,16,21H,9-10,12-13,15H2. The fraction of sp³-hybridized carbons (Fsp3) is 0.273. The fourth-order valence-corrected chi connectivity index (χ4v) is 5.44. The van der Waals surface area contributed by atoms with Gasteiger partial charge in [-0.2, -0.15) is 0 Å². The molecule has 1 saturated heterocycles. The first-order valence-corrected chi connectivity index (χ1v) is 11.3. The monoisotopic (exact) mass is 427 g/mol. The Kier molecular flexibility index (Phi) is 5.67. The van der Waals surface area contributed by atoms with E-state index in [4.69, 9.17) is 0 Å². The van der Waals surface area contributed by atoms with Gasteiger partial charge in [-0.25, -0.2) is 17.8 Å². The number of nitrogens with zero attached hydrogens (tertiary/aromatic N) is 3. The van der Waals surface area contributed by atoms with Gasteiger partial charge >= 0.3 is 0 Å². The van der Waals surface area contributed by atoms with Crippen LogP contribution in [0.15, 0.2) is 72.1 Å². The van der Waals surface area contributed by atoms with Crippen molar-refractivity contribution in [2.75, 3.05) is 13.1 Å². The molecule has 0 spiro atoms. The molecular formula is C22H22FN3O3S. The molecule has 6 nitrogen and oxygen atoms in total. The molecule has 1 fully saturated rings. The van der Waals surface area contributed by atoms with Gasteiger partial charge in [0.05, 0.1) is 16.5 Å². The summed E-state index contributed by atoms with van der Waals surface area (Å²) in [7, 11) is -3.54. The number of halogens is 1. The van der Waals surface area contributed by atoms with Crippen LogP contribution in [0.3, 0.4) is 0 Å². The van der Waals surface area contributed by atoms with Crippen LogP contribution in [0.4, 0.5) is 4.39 Å². The number of hydrogen-bond acceptors (Lipinski definition) is 4. The van der Waals surface area contributed by atoms with E-state index in [9.17, 15) is 17.6 Å². The highest BCUT2D eigenvalue weighted by Crippen LogP contribution is 2.25. The second kappa shape index (κ2) is 8.39. The molecule has 0 N–H and O–H groups in total. The maximum absolute atomic E-state index is 13.1. The van der Waals surface area contributed by atoms with Gasteiger partial charge in [0.25, 0.3) is 5.91 Å². The van der Waals surface area contributed by atoms with Gasteiger partial charge < -0.3 is 9.47 Å². The largest absolute Gasteiger partial charge is 0.339 e. The molecule has 2 aromatic carbocycles. The first-order chi connectivity index (χ1) is 14.4. The highest BCUT2D eigenvalue weighted by molar-refractivity contribution is 7.92. The Morgan fingerprint density at radius 3 is 2.30 bits per heavy atom. The minimum atomic E-state index is -3.54. The number of rotatable bonds is 5. The molecule has 156 valence electrons. The summed E-state index contributed by atoms with van der Waals surface area (Å²) in [5, 5.41) is -0.565. The minimum absolute atomic E-state index is 0.0955. The number of piperidine rings is 1. The van der Waals surface area contributed by atoms with Crippen LogP contribution in [0.1, 0.15) is 28.8 Å². The van der Waals surface area contributed by atoms with Crippen molar-refractivity contribution in [3.63, 3.8) is 0 Å². The highest BCUT2D eigenvalue weighted by atomic mass is 32.2. The van der Waals surface area contributed by atoms with Crippen molar-refractivity contribution >= 4 is 15.7 Å². The van der Waals surface area contributed by atoms with Gasteiger partial charge in [0, 0.05) is 37.6 Å². The van der Waals surface area contributed by atoms with Gasteiger partial charge in [0.2, 0.25) is 0 Å². The van der Waals surface area contributed by atoms with Crippen molar-refractivity contribution in [2.24, 2.45) is 0 Å². The summed E-state index contributed by atoms with van der Waals surface area (Å²) < 4.78 is 40.6. The molecule has 0 saturated carbocycles. The smallest absolute Gasteiger partial charge is 0.253 e. The average molecular weight is 428 g/mol. The summed E-state index contributed by atoms with van der Waals surface area (Å²) >= 11 is 0. The summed E-state index contributed by atoms with van der Waals surface area (Å²) in [6, 6.07) is 12.3. The number of aromatic nitrogens is 2. The Morgan fingerprint density at radius 1 is 1.03 bits per heavy atom. The second-order valence-corrected chi connectivity index (χ2v) is 9.65. The molecular weight excluding hydrogens is 405 g/mol. The lowest BCUT2D eigenvalue weighted by Crippen LogP contribution is -2.42. The van der Waals surface area contributed by atoms with Crippen molar-refractivity contribution in [1.82, 2.24) is 14.5 Å². The molecule has 8 heteroatoms. The normalized spacial score (nSPS) is 15.3. The third kappa shape index (κ3) is 4.28. The average Bonchev–Trinajstić information content (AvgIpc) is 3.27. The molecule has 0 radical (unpaired) electrons. The molecule has 1 aromatic heterocycles. The predicted octanol–water partition coefficient (Wildman–Crippen LogP) is 3.15. The summed E-state index contributed by atoms with van der Waals surface area (Å²) in [5.74, 6) is -0.563. The van der Waals surface area contributed by atoms with Crippen molar-refractivity contribution < 1.29 is 17.6 Å². The number of hydrogen-bond donors (Lipinski definition) is 0. The Bertz CT molecular complexity index is 1100. The molecule has 30 heavy (non-hydrogen) atoms. The van der Waals surface area contributed by atoms with Gasteiger partial charge in [-0.05, 0) is 54.8 Å². The van der Waals surface area contributed by atoms with E-state index in [2.05, 4.69) is 4.98 Å². The van der Waals surface area contributed by atoms with E-state index in [0.29, 0.717) is 38.0 Å². The quantitative estimate of drug-likeness (QED) is 0.587. The number of amides is 1. The Morgan fingerprint density at radius 2 is 1.70 bits per heavy atom. The van der Waals surface area contributed by atoms with E-state index in [1.165, 1.54) is 12.1 Å². The topological polar surface area (TPSA) is 72.3 Å². The number of imidazole rings is 1. The molecule has 3 aromatic rings. The van der Waals surface area contributed by atoms with Crippen LogP contribution in [0.25, 0.3) is 0 Å². The van der Waals surface area contributed by atoms with Gasteiger partial charge in [-0.3, -0.25) is 4.79 Å². The second-order valence-electron chi connectivity index (χ2n) is 7.42. The molecule has 2 heterocycles. The first kappa shape index (κ1) is 20.3. The fourth-order valence-electron chi connectivity index (χ4n) is 3.71. The number of likely N-dealkylation sites (tertiary alicyclic amines) is 1. The molecule has 0 atom stereocenters. The van der Waals surface area contributed by atoms with Crippen molar-refractivity contribution in [3.05, 3.63) is 84.2 Å². The van der Waals surface area contributed by atoms with E-state index < -0.39 is 20.9 Å². The van der Waals surface area contributed by atoms with Crippen LogP contribution in [-0.4, -0.2) is 47.1 Å². The first-order valence-electron chi connectivity index (χ1n) is 9.77. The molecule has 1 aliphatic heterocycles. The molecule has 1 aliphatic rings. The molecule has 4 rings (SSSR count). The lowest BCUT2D eigenvalue weighted by Gasteiger charge is -2.31. The lowest BCUT2D eigenvalue weighted by molar-refractivity contribution is 0.0725. The SMILES string of the molecule is O=C(c1ccc(Cn2ccnc2)cc1)N1CCC(S(=O)(=O)c2ccc(F)cc2)CC1. The number of carbonyl (C=O) groups is 1. The van der Waals surface area contributed by atoms with E-state index in [0.717, 1.165) is 17.7 Å². The summed E-state index contributed by atoms with van der Waals surface area (Å²) in [4.78, 5) is 18.6. The maximum Gasteiger partial charge on any atom is 0.253 e. The molecule has 0 bridgehead atoms. The van der Waals surface area contributed by atoms with Crippen LogP contribution in [0.2, 0.25) is 0 Å². The summed E-state index contributed by atoms with van der Waals surface area (Å²) in [5.41, 5.74) is 1.65. The highest BCUT2D eigenvalue weighted by Gasteiger charge is 2.33. The Balaban J connectivity index is 1.37. The van der Waals surface area contributed by atoms with Crippen molar-refractivity contribution in [2.45, 2.75) is 29.5 Å². The molecule has 1 amide bonds. The van der Waals surface area contributed by atoms with Crippen LogP contribution in [0, 0.1) is 5.82 Å². The maximum atomic E-state index is 13.1. The van der Waals surface area contributed by atoms with Crippen LogP contribution >= 0.6 is 0 Å².